The van der Waals surface area contributed by atoms with Gasteiger partial charge in [0.2, 0.25) is 0 Å². The molecule has 3 nitrogen and oxygen atoms in total. The Morgan fingerprint density at radius 3 is 3.11 bits per heavy atom. The third kappa shape index (κ3) is 2.35. The molecule has 0 aliphatic carbocycles. The van der Waals surface area contributed by atoms with E-state index in [-0.39, 0.29) is 5.78 Å². The van der Waals surface area contributed by atoms with Gasteiger partial charge in [0.1, 0.15) is 5.58 Å². The zero-order valence-corrected chi connectivity index (χ0v) is 11.5. The molecule has 4 heteroatoms. The van der Waals surface area contributed by atoms with E-state index >= 15 is 0 Å². The fourth-order valence-corrected chi connectivity index (χ4v) is 2.79. The van der Waals surface area contributed by atoms with Crippen LogP contribution in [0.5, 0.6) is 0 Å². The standard InChI is InChI=1S/C14H14BrNO2/c15-10-3-4-13-9(6-10)7-14(18-13)12(17)8-11-2-1-5-16-11/h3-4,6-7,11,16H,1-2,5,8H2. The maximum atomic E-state index is 12.1. The summed E-state index contributed by atoms with van der Waals surface area (Å²) in [6.07, 6.45) is 2.77. The number of hydrogen-bond donors (Lipinski definition) is 1. The molecule has 1 aromatic carbocycles. The average Bonchev–Trinajstić information content (AvgIpc) is 2.96. The zero-order valence-electron chi connectivity index (χ0n) is 9.91. The highest BCUT2D eigenvalue weighted by atomic mass is 79.9. The molecule has 2 heterocycles. The summed E-state index contributed by atoms with van der Waals surface area (Å²) < 4.78 is 6.59. The van der Waals surface area contributed by atoms with E-state index in [9.17, 15) is 4.79 Å². The number of nitrogens with one attached hydrogen (secondary N) is 1. The molecular weight excluding hydrogens is 294 g/mol. The van der Waals surface area contributed by atoms with Crippen molar-refractivity contribution in [2.75, 3.05) is 6.54 Å². The predicted molar refractivity (Wildman–Crippen MR) is 73.9 cm³/mol. The number of fused-ring (bicyclic) bond motifs is 1. The van der Waals surface area contributed by atoms with Crippen LogP contribution in [0.25, 0.3) is 11.0 Å². The molecule has 1 N–H and O–H groups in total. The van der Waals surface area contributed by atoms with Crippen molar-refractivity contribution in [1.29, 1.82) is 0 Å². The molecule has 1 aliphatic rings. The van der Waals surface area contributed by atoms with Crippen LogP contribution < -0.4 is 5.32 Å². The average molecular weight is 308 g/mol. The third-order valence-corrected chi connectivity index (χ3v) is 3.84. The lowest BCUT2D eigenvalue weighted by atomic mass is 10.1. The van der Waals surface area contributed by atoms with Gasteiger partial charge in [-0.25, -0.2) is 0 Å². The van der Waals surface area contributed by atoms with E-state index < -0.39 is 0 Å². The fraction of sp³-hybridized carbons (Fsp3) is 0.357. The molecule has 2 aromatic rings. The molecule has 0 amide bonds. The Balaban J connectivity index is 1.82. The first-order valence-corrected chi connectivity index (χ1v) is 6.97. The number of Topliss-reactive ketones (excluding diaryl/α,β-unsaturated/α-hetero) is 1. The lowest BCUT2D eigenvalue weighted by molar-refractivity contribution is 0.0947. The number of carbonyl (C=O) groups is 1. The van der Waals surface area contributed by atoms with Crippen LogP contribution in [-0.4, -0.2) is 18.4 Å². The minimum absolute atomic E-state index is 0.0849. The Kier molecular flexibility index (Phi) is 3.22. The maximum Gasteiger partial charge on any atom is 0.199 e. The molecule has 1 fully saturated rings. The zero-order chi connectivity index (χ0) is 12.5. The monoisotopic (exact) mass is 307 g/mol. The van der Waals surface area contributed by atoms with Gasteiger partial charge < -0.3 is 9.73 Å². The molecule has 3 rings (SSSR count). The Hall–Kier alpha value is -1.13. The van der Waals surface area contributed by atoms with Gasteiger partial charge >= 0.3 is 0 Å². The van der Waals surface area contributed by atoms with Gasteiger partial charge in [0.25, 0.3) is 0 Å². The molecule has 1 aliphatic heterocycles. The van der Waals surface area contributed by atoms with Crippen molar-refractivity contribution in [2.45, 2.75) is 25.3 Å². The Morgan fingerprint density at radius 1 is 1.44 bits per heavy atom. The van der Waals surface area contributed by atoms with E-state index in [2.05, 4.69) is 21.2 Å². The van der Waals surface area contributed by atoms with Gasteiger partial charge in [-0.2, -0.15) is 0 Å². The van der Waals surface area contributed by atoms with Gasteiger partial charge in [0.05, 0.1) is 0 Å². The van der Waals surface area contributed by atoms with Crippen LogP contribution in [0.1, 0.15) is 29.8 Å². The van der Waals surface area contributed by atoms with Crippen LogP contribution in [0.3, 0.4) is 0 Å². The van der Waals surface area contributed by atoms with E-state index in [4.69, 9.17) is 4.42 Å². The largest absolute Gasteiger partial charge is 0.453 e. The molecular formula is C14H14BrNO2. The second kappa shape index (κ2) is 4.86. The minimum Gasteiger partial charge on any atom is -0.453 e. The van der Waals surface area contributed by atoms with Gasteiger partial charge in [-0.1, -0.05) is 15.9 Å². The third-order valence-electron chi connectivity index (χ3n) is 3.35. The normalized spacial score (nSPS) is 19.5. The quantitative estimate of drug-likeness (QED) is 0.882. The summed E-state index contributed by atoms with van der Waals surface area (Å²) in [5.41, 5.74) is 0.765. The summed E-state index contributed by atoms with van der Waals surface area (Å²) >= 11 is 3.41. The Morgan fingerprint density at radius 2 is 2.33 bits per heavy atom. The van der Waals surface area contributed by atoms with Gasteiger partial charge in [0.15, 0.2) is 11.5 Å². The highest BCUT2D eigenvalue weighted by Crippen LogP contribution is 2.24. The highest BCUT2D eigenvalue weighted by molar-refractivity contribution is 9.10. The Labute approximate surface area is 114 Å². The van der Waals surface area contributed by atoms with Crippen molar-refractivity contribution in [1.82, 2.24) is 5.32 Å². The summed E-state index contributed by atoms with van der Waals surface area (Å²) in [5.74, 6) is 0.554. The summed E-state index contributed by atoms with van der Waals surface area (Å²) in [6.45, 7) is 1.02. The molecule has 1 aromatic heterocycles. The number of ketones is 1. The van der Waals surface area contributed by atoms with Gasteiger partial charge in [-0.3, -0.25) is 4.79 Å². The molecule has 1 saturated heterocycles. The molecule has 1 atom stereocenters. The van der Waals surface area contributed by atoms with Crippen molar-refractivity contribution in [2.24, 2.45) is 0 Å². The summed E-state index contributed by atoms with van der Waals surface area (Å²) in [6, 6.07) is 7.90. The minimum atomic E-state index is 0.0849. The maximum absolute atomic E-state index is 12.1. The molecule has 0 spiro atoms. The number of furan rings is 1. The SMILES string of the molecule is O=C(CC1CCCN1)c1cc2cc(Br)ccc2o1. The summed E-state index contributed by atoms with van der Waals surface area (Å²) in [5, 5.41) is 4.30. The lowest BCUT2D eigenvalue weighted by Gasteiger charge is -2.06. The molecule has 0 radical (unpaired) electrons. The van der Waals surface area contributed by atoms with E-state index in [0.29, 0.717) is 18.2 Å². The van der Waals surface area contributed by atoms with Crippen LogP contribution in [0, 0.1) is 0 Å². The number of benzene rings is 1. The Bertz CT molecular complexity index is 584. The highest BCUT2D eigenvalue weighted by Gasteiger charge is 2.20. The van der Waals surface area contributed by atoms with Crippen LogP contribution in [0.2, 0.25) is 0 Å². The van der Waals surface area contributed by atoms with Gasteiger partial charge in [-0.15, -0.1) is 0 Å². The van der Waals surface area contributed by atoms with Crippen molar-refractivity contribution < 1.29 is 9.21 Å². The fourth-order valence-electron chi connectivity index (χ4n) is 2.41. The van der Waals surface area contributed by atoms with Crippen molar-refractivity contribution in [3.05, 3.63) is 34.5 Å². The number of halogens is 1. The van der Waals surface area contributed by atoms with Crippen LogP contribution in [0.15, 0.2) is 33.2 Å². The van der Waals surface area contributed by atoms with Crippen molar-refractivity contribution in [3.63, 3.8) is 0 Å². The molecule has 1 unspecified atom stereocenters. The van der Waals surface area contributed by atoms with E-state index in [1.807, 2.05) is 24.3 Å². The molecule has 18 heavy (non-hydrogen) atoms. The van der Waals surface area contributed by atoms with Gasteiger partial charge in [-0.05, 0) is 43.7 Å². The van der Waals surface area contributed by atoms with E-state index in [0.717, 1.165) is 34.8 Å². The lowest BCUT2D eigenvalue weighted by Crippen LogP contribution is -2.24. The molecule has 0 saturated carbocycles. The first-order valence-electron chi connectivity index (χ1n) is 6.18. The van der Waals surface area contributed by atoms with Crippen molar-refractivity contribution >= 4 is 32.7 Å². The smallest absolute Gasteiger partial charge is 0.199 e. The number of rotatable bonds is 3. The van der Waals surface area contributed by atoms with Crippen LogP contribution >= 0.6 is 15.9 Å². The molecule has 94 valence electrons. The summed E-state index contributed by atoms with van der Waals surface area (Å²) in [4.78, 5) is 12.1. The summed E-state index contributed by atoms with van der Waals surface area (Å²) in [7, 11) is 0. The first-order chi connectivity index (χ1) is 8.72. The first kappa shape index (κ1) is 11.9. The molecule has 0 bridgehead atoms. The second-order valence-electron chi connectivity index (χ2n) is 4.71. The topological polar surface area (TPSA) is 42.2 Å². The van der Waals surface area contributed by atoms with Crippen molar-refractivity contribution in [3.8, 4) is 0 Å². The van der Waals surface area contributed by atoms with Gasteiger partial charge in [0, 0.05) is 22.3 Å². The second-order valence-corrected chi connectivity index (χ2v) is 5.63. The van der Waals surface area contributed by atoms with E-state index in [1.165, 1.54) is 0 Å². The number of carbonyl (C=O) groups excluding carboxylic acids is 1. The van der Waals surface area contributed by atoms with Crippen LogP contribution in [-0.2, 0) is 0 Å². The van der Waals surface area contributed by atoms with E-state index in [1.54, 1.807) is 0 Å². The number of hydrogen-bond acceptors (Lipinski definition) is 3. The predicted octanol–water partition coefficient (Wildman–Crippen LogP) is 3.52. The van der Waals surface area contributed by atoms with Crippen LogP contribution in [0.4, 0.5) is 0 Å².